The van der Waals surface area contributed by atoms with Gasteiger partial charge < -0.3 is 0 Å². The molecule has 0 saturated carbocycles. The van der Waals surface area contributed by atoms with Gasteiger partial charge in [0.1, 0.15) is 0 Å². The minimum atomic E-state index is -0.0280. The van der Waals surface area contributed by atoms with Crippen molar-refractivity contribution in [3.05, 3.63) is 113 Å². The Morgan fingerprint density at radius 2 is 1.44 bits per heavy atom. The Hall–Kier alpha value is -2.93. The van der Waals surface area contributed by atoms with Gasteiger partial charge in [-0.1, -0.05) is 97.1 Å². The Labute approximate surface area is 148 Å². The van der Waals surface area contributed by atoms with E-state index >= 15 is 0 Å². The fraction of sp³-hybridized carbons (Fsp3) is 0.125. The van der Waals surface area contributed by atoms with Crippen LogP contribution in [0.2, 0.25) is 0 Å². The molecule has 1 heteroatoms. The third-order valence-electron chi connectivity index (χ3n) is 4.97. The molecule has 1 aliphatic carbocycles. The number of hydrogen-bond acceptors (Lipinski definition) is 1. The largest absolute Gasteiger partial charge is 0.294 e. The van der Waals surface area contributed by atoms with Gasteiger partial charge in [-0.05, 0) is 23.1 Å². The highest BCUT2D eigenvalue weighted by Gasteiger charge is 2.35. The monoisotopic (exact) mass is 324 g/mol. The fourth-order valence-electron chi connectivity index (χ4n) is 3.69. The molecule has 3 aromatic carbocycles. The second kappa shape index (κ2) is 6.90. The molecule has 0 unspecified atom stereocenters. The highest BCUT2D eigenvalue weighted by molar-refractivity contribution is 6.03. The maximum Gasteiger partial charge on any atom is 0.167 e. The zero-order valence-electron chi connectivity index (χ0n) is 14.0. The van der Waals surface area contributed by atoms with Gasteiger partial charge >= 0.3 is 0 Å². The number of benzene rings is 3. The van der Waals surface area contributed by atoms with E-state index in [9.17, 15) is 4.79 Å². The van der Waals surface area contributed by atoms with Crippen LogP contribution in [0.4, 0.5) is 0 Å². The third-order valence-corrected chi connectivity index (χ3v) is 4.97. The van der Waals surface area contributed by atoms with Crippen molar-refractivity contribution < 1.29 is 4.79 Å². The summed E-state index contributed by atoms with van der Waals surface area (Å²) in [7, 11) is 0. The SMILES string of the molecule is O=C1c2ccccc2C[C@H]1[C@H](/C=C/c1ccccc1)c1ccccc1. The molecule has 3 aromatic rings. The quantitative estimate of drug-likeness (QED) is 0.616. The average Bonchev–Trinajstić information content (AvgIpc) is 3.01. The van der Waals surface area contributed by atoms with Gasteiger partial charge in [0.15, 0.2) is 5.78 Å². The lowest BCUT2D eigenvalue weighted by Gasteiger charge is -2.19. The van der Waals surface area contributed by atoms with Gasteiger partial charge in [-0.15, -0.1) is 0 Å². The molecule has 0 N–H and O–H groups in total. The lowest BCUT2D eigenvalue weighted by Crippen LogP contribution is -2.17. The summed E-state index contributed by atoms with van der Waals surface area (Å²) in [5, 5.41) is 0. The zero-order chi connectivity index (χ0) is 17.1. The van der Waals surface area contributed by atoms with Gasteiger partial charge in [-0.25, -0.2) is 0 Å². The van der Waals surface area contributed by atoms with E-state index in [1.807, 2.05) is 54.6 Å². The van der Waals surface area contributed by atoms with Crippen molar-refractivity contribution in [2.75, 3.05) is 0 Å². The molecule has 0 aromatic heterocycles. The van der Waals surface area contributed by atoms with Crippen LogP contribution in [-0.2, 0) is 6.42 Å². The first kappa shape index (κ1) is 15.6. The zero-order valence-corrected chi connectivity index (χ0v) is 14.0. The summed E-state index contributed by atoms with van der Waals surface area (Å²) in [5.74, 6) is 0.322. The van der Waals surface area contributed by atoms with Gasteiger partial charge in [-0.2, -0.15) is 0 Å². The summed E-state index contributed by atoms with van der Waals surface area (Å²) < 4.78 is 0. The Morgan fingerprint density at radius 1 is 0.800 bits per heavy atom. The number of rotatable bonds is 4. The lowest BCUT2D eigenvalue weighted by molar-refractivity contribution is 0.0928. The van der Waals surface area contributed by atoms with E-state index in [1.165, 1.54) is 11.1 Å². The first-order chi connectivity index (χ1) is 12.3. The molecule has 0 spiro atoms. The van der Waals surface area contributed by atoms with E-state index in [0.29, 0.717) is 0 Å². The second-order valence-corrected chi connectivity index (χ2v) is 6.54. The lowest BCUT2D eigenvalue weighted by atomic mass is 9.83. The molecule has 0 fully saturated rings. The van der Waals surface area contributed by atoms with Crippen molar-refractivity contribution >= 4 is 11.9 Å². The molecule has 122 valence electrons. The van der Waals surface area contributed by atoms with Crippen LogP contribution in [0.15, 0.2) is 91.0 Å². The predicted molar refractivity (Wildman–Crippen MR) is 103 cm³/mol. The first-order valence-electron chi connectivity index (χ1n) is 8.73. The van der Waals surface area contributed by atoms with E-state index in [0.717, 1.165) is 17.5 Å². The summed E-state index contributed by atoms with van der Waals surface area (Å²) in [4.78, 5) is 13.0. The van der Waals surface area contributed by atoms with Crippen LogP contribution in [0.3, 0.4) is 0 Å². The second-order valence-electron chi connectivity index (χ2n) is 6.54. The molecule has 0 radical (unpaired) electrons. The smallest absolute Gasteiger partial charge is 0.167 e. The number of fused-ring (bicyclic) bond motifs is 1. The average molecular weight is 324 g/mol. The molecule has 4 rings (SSSR count). The van der Waals surface area contributed by atoms with E-state index in [4.69, 9.17) is 0 Å². The minimum Gasteiger partial charge on any atom is -0.294 e. The standard InChI is InChI=1S/C24H20O/c25-24-22-14-8-7-13-20(22)17-23(24)21(19-11-5-2-6-12-19)16-15-18-9-3-1-4-10-18/h1-16,21,23H,17H2/b16-15+/t21-,23+/m1/s1. The van der Waals surface area contributed by atoms with Crippen molar-refractivity contribution in [1.29, 1.82) is 0 Å². The van der Waals surface area contributed by atoms with E-state index in [1.54, 1.807) is 0 Å². The molecule has 0 bridgehead atoms. The van der Waals surface area contributed by atoms with Crippen LogP contribution in [0.5, 0.6) is 0 Å². The topological polar surface area (TPSA) is 17.1 Å². The molecular weight excluding hydrogens is 304 g/mol. The fourth-order valence-corrected chi connectivity index (χ4v) is 3.69. The Balaban J connectivity index is 1.70. The highest BCUT2D eigenvalue weighted by Crippen LogP contribution is 2.37. The van der Waals surface area contributed by atoms with Crippen LogP contribution < -0.4 is 0 Å². The van der Waals surface area contributed by atoms with Crippen LogP contribution >= 0.6 is 0 Å². The molecule has 1 nitrogen and oxygen atoms in total. The first-order valence-corrected chi connectivity index (χ1v) is 8.73. The molecule has 1 aliphatic rings. The van der Waals surface area contributed by atoms with Crippen LogP contribution in [0, 0.1) is 5.92 Å². The molecule has 25 heavy (non-hydrogen) atoms. The number of carbonyl (C=O) groups excluding carboxylic acids is 1. The normalized spacial score (nSPS) is 17.6. The maximum absolute atomic E-state index is 13.0. The van der Waals surface area contributed by atoms with Gasteiger partial charge in [0.2, 0.25) is 0 Å². The summed E-state index contributed by atoms with van der Waals surface area (Å²) in [5.41, 5.74) is 4.42. The van der Waals surface area contributed by atoms with Crippen molar-refractivity contribution in [1.82, 2.24) is 0 Å². The Bertz CT molecular complexity index is 894. The van der Waals surface area contributed by atoms with Crippen LogP contribution in [0.1, 0.15) is 33.0 Å². The number of hydrogen-bond donors (Lipinski definition) is 0. The van der Waals surface area contributed by atoms with Crippen molar-refractivity contribution in [2.45, 2.75) is 12.3 Å². The minimum absolute atomic E-state index is 0.0280. The van der Waals surface area contributed by atoms with Crippen LogP contribution in [0.25, 0.3) is 6.08 Å². The van der Waals surface area contributed by atoms with Crippen molar-refractivity contribution in [2.24, 2.45) is 5.92 Å². The van der Waals surface area contributed by atoms with Gasteiger partial charge in [0.05, 0.1) is 0 Å². The van der Waals surface area contributed by atoms with Crippen LogP contribution in [-0.4, -0.2) is 5.78 Å². The third kappa shape index (κ3) is 3.18. The van der Waals surface area contributed by atoms with E-state index in [-0.39, 0.29) is 17.6 Å². The maximum atomic E-state index is 13.0. The van der Waals surface area contributed by atoms with E-state index in [2.05, 4.69) is 42.5 Å². The number of allylic oxidation sites excluding steroid dienone is 1. The Kier molecular flexibility index (Phi) is 4.30. The molecular formula is C24H20O. The number of Topliss-reactive ketones (excluding diaryl/α,β-unsaturated/α-hetero) is 1. The van der Waals surface area contributed by atoms with Gasteiger partial charge in [0.25, 0.3) is 0 Å². The van der Waals surface area contributed by atoms with Gasteiger partial charge in [-0.3, -0.25) is 4.79 Å². The molecule has 0 amide bonds. The number of carbonyl (C=O) groups is 1. The van der Waals surface area contributed by atoms with Crippen molar-refractivity contribution in [3.8, 4) is 0 Å². The predicted octanol–water partition coefficient (Wildman–Crippen LogP) is 5.54. The highest BCUT2D eigenvalue weighted by atomic mass is 16.1. The van der Waals surface area contributed by atoms with E-state index < -0.39 is 0 Å². The molecule has 0 heterocycles. The summed E-state index contributed by atoms with van der Waals surface area (Å²) >= 11 is 0. The summed E-state index contributed by atoms with van der Waals surface area (Å²) in [6.07, 6.45) is 5.14. The van der Waals surface area contributed by atoms with Crippen molar-refractivity contribution in [3.63, 3.8) is 0 Å². The summed E-state index contributed by atoms with van der Waals surface area (Å²) in [6.45, 7) is 0. The summed E-state index contributed by atoms with van der Waals surface area (Å²) in [6, 6.07) is 28.6. The Morgan fingerprint density at radius 3 is 2.16 bits per heavy atom. The molecule has 2 atom stereocenters. The number of ketones is 1. The van der Waals surface area contributed by atoms with Gasteiger partial charge in [0, 0.05) is 17.4 Å². The molecule has 0 aliphatic heterocycles. The molecule has 0 saturated heterocycles.